The topological polar surface area (TPSA) is 38.9 Å². The zero-order valence-electron chi connectivity index (χ0n) is 10.4. The summed E-state index contributed by atoms with van der Waals surface area (Å²) in [5, 5.41) is 0.701. The van der Waals surface area contributed by atoms with E-state index in [4.69, 9.17) is 16.0 Å². The zero-order chi connectivity index (χ0) is 13.5. The molecule has 4 aromatic rings. The van der Waals surface area contributed by atoms with E-state index in [1.165, 1.54) is 0 Å². The third-order valence-corrected chi connectivity index (χ3v) is 3.42. The van der Waals surface area contributed by atoms with Crippen molar-refractivity contribution in [3.05, 3.63) is 59.6 Å². The first-order valence-corrected chi connectivity index (χ1v) is 6.60. The van der Waals surface area contributed by atoms with Gasteiger partial charge in [0.05, 0.1) is 11.0 Å². The molecule has 0 aliphatic carbocycles. The molecule has 0 amide bonds. The van der Waals surface area contributed by atoms with Crippen molar-refractivity contribution in [2.75, 3.05) is 0 Å². The summed E-state index contributed by atoms with van der Waals surface area (Å²) in [5.41, 5.74) is 3.96. The van der Waals surface area contributed by atoms with Gasteiger partial charge in [0.2, 0.25) is 5.71 Å². The molecule has 3 nitrogen and oxygen atoms in total. The molecule has 0 aliphatic rings. The predicted molar refractivity (Wildman–Crippen MR) is 79.8 cm³/mol. The van der Waals surface area contributed by atoms with Gasteiger partial charge in [0.1, 0.15) is 11.3 Å². The lowest BCUT2D eigenvalue weighted by Crippen LogP contribution is -1.82. The van der Waals surface area contributed by atoms with Gasteiger partial charge in [-0.3, -0.25) is 0 Å². The number of benzene rings is 2. The first-order valence-electron chi connectivity index (χ1n) is 6.22. The second-order valence-corrected chi connectivity index (χ2v) is 4.96. The molecule has 4 rings (SSSR count). The molecule has 0 fully saturated rings. The van der Waals surface area contributed by atoms with Gasteiger partial charge in [-0.2, -0.15) is 0 Å². The smallest absolute Gasteiger partial charge is 0.246 e. The molecule has 0 N–H and O–H groups in total. The van der Waals surface area contributed by atoms with Crippen LogP contribution in [0.5, 0.6) is 0 Å². The molecular weight excluding hydrogens is 272 g/mol. The number of para-hydroxylation sites is 2. The maximum absolute atomic E-state index is 5.89. The van der Waals surface area contributed by atoms with Crippen LogP contribution in [0.3, 0.4) is 0 Å². The molecular formula is C16H9ClN2O. The van der Waals surface area contributed by atoms with Crippen molar-refractivity contribution in [1.29, 1.82) is 0 Å². The normalized spacial score (nSPS) is 11.2. The molecule has 0 radical (unpaired) electrons. The van der Waals surface area contributed by atoms with E-state index in [0.717, 1.165) is 27.9 Å². The highest BCUT2D eigenvalue weighted by molar-refractivity contribution is 6.30. The molecule has 2 aromatic carbocycles. The summed E-state index contributed by atoms with van der Waals surface area (Å²) in [4.78, 5) is 9.05. The summed E-state index contributed by atoms with van der Waals surface area (Å²) >= 11 is 5.89. The highest BCUT2D eigenvalue weighted by Crippen LogP contribution is 2.27. The third kappa shape index (κ3) is 1.84. The number of halogens is 1. The number of hydrogen-bond acceptors (Lipinski definition) is 3. The third-order valence-electron chi connectivity index (χ3n) is 3.17. The van der Waals surface area contributed by atoms with Gasteiger partial charge in [0.25, 0.3) is 0 Å². The van der Waals surface area contributed by atoms with Crippen LogP contribution in [-0.4, -0.2) is 9.97 Å². The van der Waals surface area contributed by atoms with Gasteiger partial charge >= 0.3 is 0 Å². The van der Waals surface area contributed by atoms with Gasteiger partial charge in [-0.25, -0.2) is 9.97 Å². The molecule has 0 spiro atoms. The Kier molecular flexibility index (Phi) is 2.47. The molecule has 0 bridgehead atoms. The van der Waals surface area contributed by atoms with Crippen LogP contribution in [0, 0.1) is 0 Å². The number of nitrogens with zero attached hydrogens (tertiary/aromatic N) is 2. The minimum absolute atomic E-state index is 0.550. The minimum Gasteiger partial charge on any atom is -0.436 e. The second kappa shape index (κ2) is 4.32. The fourth-order valence-electron chi connectivity index (χ4n) is 2.18. The molecule has 2 heterocycles. The van der Waals surface area contributed by atoms with Crippen LogP contribution in [0.2, 0.25) is 5.02 Å². The molecule has 96 valence electrons. The molecule has 4 heteroatoms. The Bertz CT molecular complexity index is 860. The maximum Gasteiger partial charge on any atom is 0.246 e. The Labute approximate surface area is 119 Å². The minimum atomic E-state index is 0.550. The first kappa shape index (κ1) is 11.4. The summed E-state index contributed by atoms with van der Waals surface area (Å²) in [6.07, 6.45) is 0. The Balaban J connectivity index is 1.93. The molecule has 2 aromatic heterocycles. The molecule has 20 heavy (non-hydrogen) atoms. The van der Waals surface area contributed by atoms with Gasteiger partial charge < -0.3 is 4.42 Å². The monoisotopic (exact) mass is 280 g/mol. The molecule has 0 saturated carbocycles. The second-order valence-electron chi connectivity index (χ2n) is 4.52. The predicted octanol–water partition coefficient (Wildman–Crippen LogP) is 4.70. The lowest BCUT2D eigenvalue weighted by molar-refractivity contribution is 0.619. The Hall–Kier alpha value is -2.39. The molecule has 0 saturated heterocycles. The summed E-state index contributed by atoms with van der Waals surface area (Å²) < 4.78 is 5.79. The van der Waals surface area contributed by atoms with E-state index in [9.17, 15) is 0 Å². The van der Waals surface area contributed by atoms with Crippen molar-refractivity contribution in [1.82, 2.24) is 9.97 Å². The van der Waals surface area contributed by atoms with Crippen molar-refractivity contribution < 1.29 is 4.42 Å². The standard InChI is InChI=1S/C16H9ClN2O/c17-11-7-5-10(6-8-11)15-9-14-16(20-15)19-13-4-2-1-3-12(13)18-14/h1-9H. The quantitative estimate of drug-likeness (QED) is 0.507. The van der Waals surface area contributed by atoms with Crippen molar-refractivity contribution in [2.24, 2.45) is 0 Å². The van der Waals surface area contributed by atoms with Crippen LogP contribution in [0.15, 0.2) is 59.0 Å². The van der Waals surface area contributed by atoms with Crippen molar-refractivity contribution in [3.63, 3.8) is 0 Å². The van der Waals surface area contributed by atoms with Crippen molar-refractivity contribution in [3.8, 4) is 11.3 Å². The van der Waals surface area contributed by atoms with Gasteiger partial charge in [0.15, 0.2) is 0 Å². The van der Waals surface area contributed by atoms with Crippen LogP contribution < -0.4 is 0 Å². The maximum atomic E-state index is 5.89. The van der Waals surface area contributed by atoms with Crippen LogP contribution >= 0.6 is 11.6 Å². The number of rotatable bonds is 1. The average Bonchev–Trinajstić information content (AvgIpc) is 2.88. The van der Waals surface area contributed by atoms with E-state index in [-0.39, 0.29) is 0 Å². The van der Waals surface area contributed by atoms with Crippen LogP contribution in [0.4, 0.5) is 0 Å². The van der Waals surface area contributed by atoms with Gasteiger partial charge in [-0.05, 0) is 36.4 Å². The summed E-state index contributed by atoms with van der Waals surface area (Å²) in [6.45, 7) is 0. The highest BCUT2D eigenvalue weighted by atomic mass is 35.5. The molecule has 0 unspecified atom stereocenters. The number of fused-ring (bicyclic) bond motifs is 2. The number of aromatic nitrogens is 2. The zero-order valence-corrected chi connectivity index (χ0v) is 11.1. The lowest BCUT2D eigenvalue weighted by Gasteiger charge is -1.95. The van der Waals surface area contributed by atoms with E-state index >= 15 is 0 Å². The van der Waals surface area contributed by atoms with E-state index in [1.54, 1.807) is 0 Å². The van der Waals surface area contributed by atoms with Gasteiger partial charge in [-0.1, -0.05) is 23.7 Å². The molecule has 0 aliphatic heterocycles. The SMILES string of the molecule is Clc1ccc(-c2cc3nc4ccccc4nc3o2)cc1. The fourth-order valence-corrected chi connectivity index (χ4v) is 2.31. The average molecular weight is 281 g/mol. The summed E-state index contributed by atoms with van der Waals surface area (Å²) in [6, 6.07) is 17.2. The van der Waals surface area contributed by atoms with Crippen molar-refractivity contribution >= 4 is 33.9 Å². The number of hydrogen-bond donors (Lipinski definition) is 0. The fraction of sp³-hybridized carbons (Fsp3) is 0. The number of furan rings is 1. The Morgan fingerprint density at radius 1 is 0.800 bits per heavy atom. The van der Waals surface area contributed by atoms with E-state index < -0.39 is 0 Å². The first-order chi connectivity index (χ1) is 9.79. The summed E-state index contributed by atoms with van der Waals surface area (Å²) in [7, 11) is 0. The van der Waals surface area contributed by atoms with Gasteiger partial charge in [-0.15, -0.1) is 0 Å². The van der Waals surface area contributed by atoms with Gasteiger partial charge in [0, 0.05) is 16.7 Å². The molecule has 0 atom stereocenters. The van der Waals surface area contributed by atoms with Crippen LogP contribution in [0.25, 0.3) is 33.6 Å². The lowest BCUT2D eigenvalue weighted by atomic mass is 10.2. The van der Waals surface area contributed by atoms with E-state index in [1.807, 2.05) is 54.6 Å². The highest BCUT2D eigenvalue weighted by Gasteiger charge is 2.09. The van der Waals surface area contributed by atoms with Crippen molar-refractivity contribution in [2.45, 2.75) is 0 Å². The van der Waals surface area contributed by atoms with Crippen LogP contribution in [0.1, 0.15) is 0 Å². The van der Waals surface area contributed by atoms with E-state index in [2.05, 4.69) is 9.97 Å². The van der Waals surface area contributed by atoms with E-state index in [0.29, 0.717) is 10.7 Å². The Morgan fingerprint density at radius 2 is 1.50 bits per heavy atom. The Morgan fingerprint density at radius 3 is 2.25 bits per heavy atom. The summed E-state index contributed by atoms with van der Waals surface area (Å²) in [5.74, 6) is 0.743. The largest absolute Gasteiger partial charge is 0.436 e. The van der Waals surface area contributed by atoms with Crippen LogP contribution in [-0.2, 0) is 0 Å².